The van der Waals surface area contributed by atoms with Crippen LogP contribution in [0.5, 0.6) is 5.75 Å². The van der Waals surface area contributed by atoms with Crippen LogP contribution >= 0.6 is 0 Å². The predicted molar refractivity (Wildman–Crippen MR) is 144 cm³/mol. The van der Waals surface area contributed by atoms with Crippen molar-refractivity contribution in [2.24, 2.45) is 5.92 Å². The Morgan fingerprint density at radius 2 is 1.63 bits per heavy atom. The van der Waals surface area contributed by atoms with Gasteiger partial charge in [0, 0.05) is 17.6 Å². The van der Waals surface area contributed by atoms with Crippen molar-refractivity contribution >= 4 is 23.9 Å². The van der Waals surface area contributed by atoms with Crippen LogP contribution in [0.3, 0.4) is 0 Å². The molecule has 3 N–H and O–H groups in total. The average molecular weight is 536 g/mol. The third-order valence-corrected chi connectivity index (χ3v) is 5.78. The number of esters is 1. The van der Waals surface area contributed by atoms with Gasteiger partial charge in [-0.3, -0.25) is 14.4 Å². The molecule has 0 aliphatic rings. The summed E-state index contributed by atoms with van der Waals surface area (Å²) in [5.41, 5.74) is -1.47. The fraction of sp³-hybridized carbons (Fsp3) is 0.643. The molecule has 1 rings (SSSR count). The molecule has 0 aliphatic carbocycles. The fourth-order valence-corrected chi connectivity index (χ4v) is 3.85. The number of carbonyl (C=O) groups excluding carboxylic acids is 4. The van der Waals surface area contributed by atoms with Crippen molar-refractivity contribution in [2.45, 2.75) is 98.4 Å². The monoisotopic (exact) mass is 535 g/mol. The second kappa shape index (κ2) is 14.0. The van der Waals surface area contributed by atoms with Crippen LogP contribution in [0.15, 0.2) is 24.3 Å². The molecule has 0 saturated carbocycles. The standard InChI is InChI=1S/C28H45N3O7/c1-10-18(3)22(30-26(36)38-28(7,8)9)25(35)31(27(4,5)6)23(19-14-12-13-15-20(19)32)24(34)29-17-16-21(33)37-11-2/h12-15,18,22-23,32H,10-11,16-17H2,1-9H3,(H,29,34)(H,30,36). The number of hydrogen-bond acceptors (Lipinski definition) is 7. The topological polar surface area (TPSA) is 134 Å². The van der Waals surface area contributed by atoms with Crippen LogP contribution in [0.1, 0.15) is 86.8 Å². The first-order valence-corrected chi connectivity index (χ1v) is 13.1. The van der Waals surface area contributed by atoms with Gasteiger partial charge in [0.1, 0.15) is 23.4 Å². The Morgan fingerprint density at radius 3 is 2.13 bits per heavy atom. The number of nitrogens with one attached hydrogen (secondary N) is 2. The number of hydrogen-bond donors (Lipinski definition) is 3. The van der Waals surface area contributed by atoms with E-state index in [4.69, 9.17) is 9.47 Å². The van der Waals surface area contributed by atoms with Gasteiger partial charge in [-0.1, -0.05) is 38.5 Å². The number of ether oxygens (including phenoxy) is 2. The molecule has 0 saturated heterocycles. The molecule has 0 spiro atoms. The van der Waals surface area contributed by atoms with E-state index in [1.165, 1.54) is 11.0 Å². The van der Waals surface area contributed by atoms with E-state index >= 15 is 0 Å². The van der Waals surface area contributed by atoms with Crippen LogP contribution in [0.2, 0.25) is 0 Å². The Morgan fingerprint density at radius 1 is 1.03 bits per heavy atom. The molecule has 10 nitrogen and oxygen atoms in total. The summed E-state index contributed by atoms with van der Waals surface area (Å²) < 4.78 is 10.3. The van der Waals surface area contributed by atoms with Crippen molar-refractivity contribution in [3.05, 3.63) is 29.8 Å². The Balaban J connectivity index is 3.52. The molecule has 0 aliphatic heterocycles. The van der Waals surface area contributed by atoms with E-state index in [2.05, 4.69) is 10.6 Å². The van der Waals surface area contributed by atoms with Gasteiger partial charge in [-0.05, 0) is 60.5 Å². The fourth-order valence-electron chi connectivity index (χ4n) is 3.85. The lowest BCUT2D eigenvalue weighted by molar-refractivity contribution is -0.150. The maximum atomic E-state index is 14.2. The molecule has 3 amide bonds. The van der Waals surface area contributed by atoms with E-state index < -0.39 is 47.1 Å². The van der Waals surface area contributed by atoms with Gasteiger partial charge < -0.3 is 30.1 Å². The molecule has 214 valence electrons. The van der Waals surface area contributed by atoms with Crippen LogP contribution in [-0.4, -0.2) is 64.2 Å². The number of nitrogens with zero attached hydrogens (tertiary/aromatic N) is 1. The lowest BCUT2D eigenvalue weighted by Crippen LogP contribution is -2.60. The van der Waals surface area contributed by atoms with E-state index in [-0.39, 0.29) is 36.8 Å². The highest BCUT2D eigenvalue weighted by Crippen LogP contribution is 2.35. The molecule has 0 aromatic heterocycles. The average Bonchev–Trinajstić information content (AvgIpc) is 2.78. The van der Waals surface area contributed by atoms with E-state index in [1.54, 1.807) is 66.7 Å². The summed E-state index contributed by atoms with van der Waals surface area (Å²) in [5, 5.41) is 16.1. The minimum absolute atomic E-state index is 0.0150. The molecule has 0 heterocycles. The summed E-state index contributed by atoms with van der Waals surface area (Å²) in [6.45, 7) is 16.1. The van der Waals surface area contributed by atoms with Crippen molar-refractivity contribution < 1.29 is 33.8 Å². The molecule has 38 heavy (non-hydrogen) atoms. The molecular weight excluding hydrogens is 490 g/mol. The molecule has 0 bridgehead atoms. The van der Waals surface area contributed by atoms with E-state index in [1.807, 2.05) is 13.8 Å². The lowest BCUT2D eigenvalue weighted by atomic mass is 9.91. The second-order valence-corrected chi connectivity index (χ2v) is 11.2. The molecular formula is C28H45N3O7. The number of alkyl carbamates (subject to hydrolysis) is 1. The number of aromatic hydroxyl groups is 1. The molecule has 0 fully saturated rings. The third-order valence-electron chi connectivity index (χ3n) is 5.78. The lowest BCUT2D eigenvalue weighted by Gasteiger charge is -2.44. The Hall–Kier alpha value is -3.30. The van der Waals surface area contributed by atoms with E-state index in [0.717, 1.165) is 0 Å². The third kappa shape index (κ3) is 9.87. The Bertz CT molecular complexity index is 966. The van der Waals surface area contributed by atoms with Crippen LogP contribution in [0, 0.1) is 5.92 Å². The number of rotatable bonds is 11. The molecule has 1 aromatic carbocycles. The summed E-state index contributed by atoms with van der Waals surface area (Å²) in [5.74, 6) is -2.02. The van der Waals surface area contributed by atoms with Gasteiger partial charge in [0.25, 0.3) is 0 Å². The largest absolute Gasteiger partial charge is 0.508 e. The summed E-state index contributed by atoms with van der Waals surface area (Å²) in [7, 11) is 0. The summed E-state index contributed by atoms with van der Waals surface area (Å²) >= 11 is 0. The van der Waals surface area contributed by atoms with Gasteiger partial charge in [0.2, 0.25) is 11.8 Å². The Labute approximate surface area is 226 Å². The Kier molecular flexibility index (Phi) is 12.1. The second-order valence-electron chi connectivity index (χ2n) is 11.2. The minimum atomic E-state index is -1.25. The minimum Gasteiger partial charge on any atom is -0.508 e. The highest BCUT2D eigenvalue weighted by molar-refractivity contribution is 5.93. The zero-order chi connectivity index (χ0) is 29.3. The first-order chi connectivity index (χ1) is 17.5. The highest BCUT2D eigenvalue weighted by atomic mass is 16.6. The van der Waals surface area contributed by atoms with Crippen molar-refractivity contribution in [1.82, 2.24) is 15.5 Å². The van der Waals surface area contributed by atoms with Gasteiger partial charge in [-0.15, -0.1) is 0 Å². The van der Waals surface area contributed by atoms with Crippen LogP contribution in [-0.2, 0) is 23.9 Å². The number of para-hydroxylation sites is 1. The first kappa shape index (κ1) is 32.7. The van der Waals surface area contributed by atoms with Crippen LogP contribution in [0.25, 0.3) is 0 Å². The molecule has 3 unspecified atom stereocenters. The van der Waals surface area contributed by atoms with Crippen LogP contribution in [0.4, 0.5) is 4.79 Å². The summed E-state index contributed by atoms with van der Waals surface area (Å²) in [6.07, 6.45) is -0.230. The van der Waals surface area contributed by atoms with Crippen molar-refractivity contribution in [3.8, 4) is 5.75 Å². The quantitative estimate of drug-likeness (QED) is 0.364. The summed E-state index contributed by atoms with van der Waals surface area (Å²) in [4.78, 5) is 53.7. The maximum Gasteiger partial charge on any atom is 0.408 e. The smallest absolute Gasteiger partial charge is 0.408 e. The van der Waals surface area contributed by atoms with Gasteiger partial charge in [0.05, 0.1) is 13.0 Å². The van der Waals surface area contributed by atoms with Crippen molar-refractivity contribution in [1.29, 1.82) is 0 Å². The van der Waals surface area contributed by atoms with Crippen molar-refractivity contribution in [2.75, 3.05) is 13.2 Å². The zero-order valence-corrected chi connectivity index (χ0v) is 24.2. The highest BCUT2D eigenvalue weighted by Gasteiger charge is 2.43. The molecule has 1 aromatic rings. The molecule has 10 heteroatoms. The molecule has 0 radical (unpaired) electrons. The maximum absolute atomic E-state index is 14.2. The number of amides is 3. The van der Waals surface area contributed by atoms with Crippen molar-refractivity contribution in [3.63, 3.8) is 0 Å². The molecule has 3 atom stereocenters. The number of phenols is 1. The normalized spacial score (nSPS) is 14.0. The van der Waals surface area contributed by atoms with Gasteiger partial charge >= 0.3 is 12.1 Å². The number of carbonyl (C=O) groups is 4. The zero-order valence-electron chi connectivity index (χ0n) is 24.2. The number of phenolic OH excluding ortho intramolecular Hbond substituents is 1. The predicted octanol–water partition coefficient (Wildman–Crippen LogP) is 4.07. The van der Waals surface area contributed by atoms with Gasteiger partial charge in [-0.2, -0.15) is 0 Å². The van der Waals surface area contributed by atoms with E-state index in [9.17, 15) is 24.3 Å². The first-order valence-electron chi connectivity index (χ1n) is 13.1. The SMILES string of the molecule is CCOC(=O)CCNC(=O)C(c1ccccc1O)N(C(=O)C(NC(=O)OC(C)(C)C)C(C)CC)C(C)(C)C. The van der Waals surface area contributed by atoms with Gasteiger partial charge in [-0.25, -0.2) is 4.79 Å². The summed E-state index contributed by atoms with van der Waals surface area (Å²) in [6, 6.07) is 4.02. The van der Waals surface area contributed by atoms with Gasteiger partial charge in [0.15, 0.2) is 0 Å². The number of benzene rings is 1. The van der Waals surface area contributed by atoms with E-state index in [0.29, 0.717) is 6.42 Å². The van der Waals surface area contributed by atoms with Crippen LogP contribution < -0.4 is 10.6 Å².